The van der Waals surface area contributed by atoms with Gasteiger partial charge < -0.3 is 9.80 Å². The van der Waals surface area contributed by atoms with Crippen molar-refractivity contribution in [1.29, 1.82) is 0 Å². The van der Waals surface area contributed by atoms with Gasteiger partial charge in [-0.25, -0.2) is 17.9 Å². The number of amides is 2. The lowest BCUT2D eigenvalue weighted by Crippen LogP contribution is -2.48. The van der Waals surface area contributed by atoms with E-state index in [-0.39, 0.29) is 66.6 Å². The third-order valence-corrected chi connectivity index (χ3v) is 7.80. The van der Waals surface area contributed by atoms with Crippen molar-refractivity contribution in [2.45, 2.75) is 38.4 Å². The number of benzene rings is 2. The van der Waals surface area contributed by atoms with E-state index in [1.807, 2.05) is 0 Å². The number of hydrogen-bond acceptors (Lipinski definition) is 4. The summed E-state index contributed by atoms with van der Waals surface area (Å²) < 4.78 is 85.0. The van der Waals surface area contributed by atoms with Crippen molar-refractivity contribution >= 4 is 17.5 Å². The van der Waals surface area contributed by atoms with E-state index in [9.17, 15) is 35.9 Å². The number of fused-ring (bicyclic) bond motifs is 1. The van der Waals surface area contributed by atoms with Gasteiger partial charge in [0.25, 0.3) is 5.91 Å². The maximum absolute atomic E-state index is 14.6. The van der Waals surface area contributed by atoms with E-state index < -0.39 is 41.1 Å². The summed E-state index contributed by atoms with van der Waals surface area (Å²) in [7, 11) is 0. The molecule has 0 unspecified atom stereocenters. The summed E-state index contributed by atoms with van der Waals surface area (Å²) in [5.74, 6) is -4.39. The lowest BCUT2D eigenvalue weighted by Gasteiger charge is -2.36. The molecule has 0 aliphatic carbocycles. The van der Waals surface area contributed by atoms with Crippen LogP contribution in [0.2, 0.25) is 0 Å². The Labute approximate surface area is 241 Å². The van der Waals surface area contributed by atoms with E-state index >= 15 is 0 Å². The molecule has 4 aromatic rings. The number of aromatic nitrogens is 3. The fourth-order valence-corrected chi connectivity index (χ4v) is 5.71. The molecule has 7 nitrogen and oxygen atoms in total. The minimum atomic E-state index is -4.96. The molecule has 1 saturated heterocycles. The van der Waals surface area contributed by atoms with Crippen molar-refractivity contribution in [2.75, 3.05) is 18.0 Å². The topological polar surface area (TPSA) is 71.3 Å². The zero-order valence-corrected chi connectivity index (χ0v) is 22.6. The Hall–Kier alpha value is -4.68. The maximum atomic E-state index is 14.6. The summed E-state index contributed by atoms with van der Waals surface area (Å²) in [5.41, 5.74) is -0.804. The number of hydrogen-bond donors (Lipinski definition) is 0. The molecule has 0 bridgehead atoms. The SMILES string of the molecule is Cc1cc(-n2nc(C(=O)N3CCC(N4C(=O)Cc5ccc(F)c(F)c54)CC3)cc2-c2cccnc2)cc(C(F)(F)F)c1F. The van der Waals surface area contributed by atoms with Crippen molar-refractivity contribution in [1.82, 2.24) is 19.7 Å². The fraction of sp³-hybridized carbons (Fsp3) is 0.267. The number of nitrogens with zero attached hydrogens (tertiary/aromatic N) is 5. The minimum Gasteiger partial charge on any atom is -0.337 e. The monoisotopic (exact) mass is 599 g/mol. The number of carbonyl (C=O) groups is 2. The first-order valence-electron chi connectivity index (χ1n) is 13.4. The molecule has 0 spiro atoms. The Morgan fingerprint density at radius 3 is 2.42 bits per heavy atom. The van der Waals surface area contributed by atoms with Crippen molar-refractivity contribution < 1.29 is 35.9 Å². The molecule has 2 aliphatic rings. The second-order valence-electron chi connectivity index (χ2n) is 10.5. The summed E-state index contributed by atoms with van der Waals surface area (Å²) >= 11 is 0. The first kappa shape index (κ1) is 28.4. The summed E-state index contributed by atoms with van der Waals surface area (Å²) in [6.07, 6.45) is -1.46. The smallest absolute Gasteiger partial charge is 0.337 e. The molecule has 2 aromatic carbocycles. The third-order valence-electron chi connectivity index (χ3n) is 7.80. The highest BCUT2D eigenvalue weighted by Crippen LogP contribution is 2.38. The minimum absolute atomic E-state index is 0.0425. The van der Waals surface area contributed by atoms with Gasteiger partial charge in [0.2, 0.25) is 5.91 Å². The van der Waals surface area contributed by atoms with Crippen LogP contribution in [0, 0.1) is 24.4 Å². The van der Waals surface area contributed by atoms with Crippen LogP contribution in [0.3, 0.4) is 0 Å². The zero-order valence-electron chi connectivity index (χ0n) is 22.6. The average molecular weight is 600 g/mol. The van der Waals surface area contributed by atoms with E-state index in [2.05, 4.69) is 10.1 Å². The molecule has 13 heteroatoms. The van der Waals surface area contributed by atoms with Crippen LogP contribution in [0.25, 0.3) is 16.9 Å². The van der Waals surface area contributed by atoms with Gasteiger partial charge in [-0.05, 0) is 67.3 Å². The number of halogens is 6. The Balaban J connectivity index is 1.29. The average Bonchev–Trinajstić information content (AvgIpc) is 3.58. The summed E-state index contributed by atoms with van der Waals surface area (Å²) in [4.78, 5) is 33.1. The highest BCUT2D eigenvalue weighted by molar-refractivity contribution is 6.02. The number of alkyl halides is 3. The Morgan fingerprint density at radius 1 is 1.00 bits per heavy atom. The normalized spacial score (nSPS) is 15.7. The second kappa shape index (κ2) is 10.5. The largest absolute Gasteiger partial charge is 0.419 e. The summed E-state index contributed by atoms with van der Waals surface area (Å²) in [6.45, 7) is 1.55. The van der Waals surface area contributed by atoms with Crippen molar-refractivity contribution in [2.24, 2.45) is 0 Å². The number of aryl methyl sites for hydroxylation is 1. The highest BCUT2D eigenvalue weighted by Gasteiger charge is 2.39. The fourth-order valence-electron chi connectivity index (χ4n) is 5.71. The van der Waals surface area contributed by atoms with Crippen LogP contribution < -0.4 is 4.90 Å². The Bertz CT molecular complexity index is 1750. The van der Waals surface area contributed by atoms with Gasteiger partial charge in [-0.2, -0.15) is 18.3 Å². The van der Waals surface area contributed by atoms with E-state index in [0.29, 0.717) is 17.2 Å². The predicted molar refractivity (Wildman–Crippen MR) is 143 cm³/mol. The number of pyridine rings is 1. The van der Waals surface area contributed by atoms with Crippen molar-refractivity contribution in [3.63, 3.8) is 0 Å². The van der Waals surface area contributed by atoms with Gasteiger partial charge in [-0.1, -0.05) is 6.07 Å². The first-order valence-corrected chi connectivity index (χ1v) is 13.4. The van der Waals surface area contributed by atoms with Crippen LogP contribution in [-0.4, -0.2) is 50.6 Å². The lowest BCUT2D eigenvalue weighted by atomic mass is 10.0. The molecule has 43 heavy (non-hydrogen) atoms. The molecule has 0 N–H and O–H groups in total. The van der Waals surface area contributed by atoms with Crippen molar-refractivity contribution in [3.8, 4) is 16.9 Å². The molecule has 2 amide bonds. The first-order chi connectivity index (χ1) is 20.4. The standard InChI is InChI=1S/C30H23F6N5O2/c1-16-11-20(13-21(26(16)32)30(34,35)36)41-24(18-3-2-8-37-15-18)14-23(38-41)29(43)39-9-6-19(7-10-39)40-25(42)12-17-4-5-22(31)27(33)28(17)40/h2-5,8,11,13-15,19H,6-7,9-10,12H2,1H3. The molecule has 2 aliphatic heterocycles. The van der Waals surface area contributed by atoms with Gasteiger partial charge >= 0.3 is 6.18 Å². The van der Waals surface area contributed by atoms with Crippen LogP contribution in [0.4, 0.5) is 32.0 Å². The van der Waals surface area contributed by atoms with Crippen molar-refractivity contribution in [3.05, 3.63) is 94.7 Å². The number of likely N-dealkylation sites (tertiary alicyclic amines) is 1. The maximum Gasteiger partial charge on any atom is 0.419 e. The predicted octanol–water partition coefficient (Wildman–Crippen LogP) is 5.87. The van der Waals surface area contributed by atoms with Gasteiger partial charge in [0.1, 0.15) is 5.82 Å². The van der Waals surface area contributed by atoms with Crippen LogP contribution >= 0.6 is 0 Å². The highest BCUT2D eigenvalue weighted by atomic mass is 19.4. The van der Waals surface area contributed by atoms with Gasteiger partial charge in [0.15, 0.2) is 17.3 Å². The van der Waals surface area contributed by atoms with E-state index in [4.69, 9.17) is 0 Å². The number of carbonyl (C=O) groups excluding carboxylic acids is 2. The molecule has 0 atom stereocenters. The van der Waals surface area contributed by atoms with E-state index in [1.165, 1.54) is 47.3 Å². The molecule has 6 rings (SSSR count). The molecular weight excluding hydrogens is 576 g/mol. The van der Waals surface area contributed by atoms with Crippen LogP contribution in [0.1, 0.15) is 40.0 Å². The summed E-state index contributed by atoms with van der Waals surface area (Å²) in [6, 6.07) is 8.46. The molecule has 2 aromatic heterocycles. The van der Waals surface area contributed by atoms with E-state index in [0.717, 1.165) is 10.7 Å². The lowest BCUT2D eigenvalue weighted by molar-refractivity contribution is -0.140. The van der Waals surface area contributed by atoms with Gasteiger partial charge in [0, 0.05) is 37.1 Å². The molecule has 4 heterocycles. The van der Waals surface area contributed by atoms with Crippen LogP contribution in [-0.2, 0) is 17.4 Å². The summed E-state index contributed by atoms with van der Waals surface area (Å²) in [5, 5.41) is 4.34. The number of rotatable bonds is 4. The molecule has 222 valence electrons. The molecular formula is C30H23F6N5O2. The van der Waals surface area contributed by atoms with Gasteiger partial charge in [-0.3, -0.25) is 14.6 Å². The van der Waals surface area contributed by atoms with E-state index in [1.54, 1.807) is 12.1 Å². The second-order valence-corrected chi connectivity index (χ2v) is 10.5. The van der Waals surface area contributed by atoms with Gasteiger partial charge in [-0.15, -0.1) is 0 Å². The quantitative estimate of drug-likeness (QED) is 0.275. The molecule has 0 saturated carbocycles. The molecule has 0 radical (unpaired) electrons. The Morgan fingerprint density at radius 2 is 1.74 bits per heavy atom. The molecule has 1 fully saturated rings. The van der Waals surface area contributed by atoms with Crippen LogP contribution in [0.15, 0.2) is 54.9 Å². The zero-order chi connectivity index (χ0) is 30.6. The third kappa shape index (κ3) is 5.02. The Kier molecular flexibility index (Phi) is 6.98. The number of piperidine rings is 1. The number of anilines is 1. The van der Waals surface area contributed by atoms with Crippen LogP contribution in [0.5, 0.6) is 0 Å². The van der Waals surface area contributed by atoms with Gasteiger partial charge in [0.05, 0.1) is 29.1 Å².